The number of furan rings is 1. The Labute approximate surface area is 129 Å². The first-order chi connectivity index (χ1) is 10.6. The number of thiophene rings is 1. The molecule has 0 saturated carbocycles. The van der Waals surface area contributed by atoms with Gasteiger partial charge in [-0.2, -0.15) is 5.10 Å². The van der Waals surface area contributed by atoms with Crippen LogP contribution in [0.5, 0.6) is 0 Å². The fourth-order valence-corrected chi connectivity index (χ4v) is 3.09. The van der Waals surface area contributed by atoms with Crippen molar-refractivity contribution in [3.63, 3.8) is 0 Å². The van der Waals surface area contributed by atoms with E-state index in [0.717, 1.165) is 11.3 Å². The molecule has 112 valence electrons. The van der Waals surface area contributed by atoms with Crippen LogP contribution in [0.25, 0.3) is 10.2 Å². The standard InChI is InChI=1S/C14H13N5O2S/c1-7-3-4-9(21-7)5-18-19-13(20)11-8(2)10-12(15)16-6-17-14(10)22-11/h3-6H,1-2H3,(H,19,20)(H2,15,16,17)/b18-5-. The largest absolute Gasteiger partial charge is 0.460 e. The van der Waals surface area contributed by atoms with Gasteiger partial charge in [0.05, 0.1) is 16.5 Å². The lowest BCUT2D eigenvalue weighted by Gasteiger charge is -1.98. The van der Waals surface area contributed by atoms with Crippen molar-refractivity contribution in [3.05, 3.63) is 40.4 Å². The fourth-order valence-electron chi connectivity index (χ4n) is 2.04. The molecule has 8 heteroatoms. The number of rotatable bonds is 3. The first kappa shape index (κ1) is 14.2. The van der Waals surface area contributed by atoms with Gasteiger partial charge in [-0.3, -0.25) is 4.79 Å². The van der Waals surface area contributed by atoms with Crippen molar-refractivity contribution < 1.29 is 9.21 Å². The van der Waals surface area contributed by atoms with Crippen molar-refractivity contribution in [1.82, 2.24) is 15.4 Å². The molecule has 0 unspecified atom stereocenters. The summed E-state index contributed by atoms with van der Waals surface area (Å²) in [5, 5.41) is 4.60. The monoisotopic (exact) mass is 315 g/mol. The highest BCUT2D eigenvalue weighted by Gasteiger charge is 2.17. The van der Waals surface area contributed by atoms with E-state index in [0.29, 0.717) is 26.7 Å². The minimum Gasteiger partial charge on any atom is -0.460 e. The van der Waals surface area contributed by atoms with Gasteiger partial charge >= 0.3 is 0 Å². The SMILES string of the molecule is Cc1ccc(/C=N\NC(=O)c2sc3ncnc(N)c3c2C)o1. The number of aromatic nitrogens is 2. The molecular weight excluding hydrogens is 302 g/mol. The summed E-state index contributed by atoms with van der Waals surface area (Å²) in [5.41, 5.74) is 9.05. The van der Waals surface area contributed by atoms with Crippen molar-refractivity contribution >= 4 is 39.5 Å². The number of nitrogen functional groups attached to an aromatic ring is 1. The average Bonchev–Trinajstić information content (AvgIpc) is 3.04. The number of hydrogen-bond acceptors (Lipinski definition) is 7. The highest BCUT2D eigenvalue weighted by Crippen LogP contribution is 2.31. The highest BCUT2D eigenvalue weighted by molar-refractivity contribution is 7.20. The van der Waals surface area contributed by atoms with Crippen LogP contribution in [0.15, 0.2) is 28.0 Å². The molecule has 0 saturated heterocycles. The van der Waals surface area contributed by atoms with Gasteiger partial charge in [0.1, 0.15) is 28.5 Å². The zero-order valence-electron chi connectivity index (χ0n) is 12.0. The van der Waals surface area contributed by atoms with Gasteiger partial charge in [0, 0.05) is 0 Å². The molecule has 0 spiro atoms. The molecule has 0 radical (unpaired) electrons. The predicted octanol–water partition coefficient (Wildman–Crippen LogP) is 2.25. The Morgan fingerprint density at radius 1 is 1.41 bits per heavy atom. The summed E-state index contributed by atoms with van der Waals surface area (Å²) in [6.07, 6.45) is 2.83. The van der Waals surface area contributed by atoms with E-state index in [4.69, 9.17) is 10.2 Å². The number of aryl methyl sites for hydroxylation is 2. The summed E-state index contributed by atoms with van der Waals surface area (Å²) in [5.74, 6) is 1.40. The van der Waals surface area contributed by atoms with Crippen LogP contribution in [-0.2, 0) is 0 Å². The Hall–Kier alpha value is -2.74. The number of nitrogens with zero attached hydrogens (tertiary/aromatic N) is 3. The summed E-state index contributed by atoms with van der Waals surface area (Å²) in [7, 11) is 0. The van der Waals surface area contributed by atoms with Crippen LogP contribution in [0.4, 0.5) is 5.82 Å². The molecule has 0 atom stereocenters. The Kier molecular flexibility index (Phi) is 3.60. The Balaban J connectivity index is 1.82. The van der Waals surface area contributed by atoms with Gasteiger partial charge in [0.25, 0.3) is 5.91 Å². The number of anilines is 1. The van der Waals surface area contributed by atoms with Gasteiger partial charge < -0.3 is 10.2 Å². The number of hydrazone groups is 1. The lowest BCUT2D eigenvalue weighted by Crippen LogP contribution is -2.17. The van der Waals surface area contributed by atoms with Crippen molar-refractivity contribution in [2.45, 2.75) is 13.8 Å². The van der Waals surface area contributed by atoms with E-state index in [-0.39, 0.29) is 5.91 Å². The molecule has 7 nitrogen and oxygen atoms in total. The van der Waals surface area contributed by atoms with E-state index in [2.05, 4.69) is 20.5 Å². The third-order valence-corrected chi connectivity index (χ3v) is 4.28. The van der Waals surface area contributed by atoms with E-state index in [1.165, 1.54) is 23.9 Å². The molecule has 3 aromatic heterocycles. The number of carbonyl (C=O) groups is 1. The van der Waals surface area contributed by atoms with Gasteiger partial charge in [0.2, 0.25) is 0 Å². The van der Waals surface area contributed by atoms with Gasteiger partial charge in [-0.1, -0.05) is 0 Å². The van der Waals surface area contributed by atoms with Crippen LogP contribution >= 0.6 is 11.3 Å². The van der Waals surface area contributed by atoms with E-state index in [1.807, 2.05) is 19.9 Å². The molecule has 22 heavy (non-hydrogen) atoms. The maximum atomic E-state index is 12.2. The van der Waals surface area contributed by atoms with Crippen LogP contribution < -0.4 is 11.2 Å². The fraction of sp³-hybridized carbons (Fsp3) is 0.143. The lowest BCUT2D eigenvalue weighted by atomic mass is 10.2. The van der Waals surface area contributed by atoms with Crippen molar-refractivity contribution in [2.24, 2.45) is 5.10 Å². The Bertz CT molecular complexity index is 881. The normalized spacial score (nSPS) is 11.4. The highest BCUT2D eigenvalue weighted by atomic mass is 32.1. The molecule has 0 aliphatic rings. The van der Waals surface area contributed by atoms with E-state index in [9.17, 15) is 4.79 Å². The van der Waals surface area contributed by atoms with Gasteiger partial charge in [-0.15, -0.1) is 11.3 Å². The van der Waals surface area contributed by atoms with Gasteiger partial charge in [-0.05, 0) is 31.5 Å². The van der Waals surface area contributed by atoms with Crippen LogP contribution in [0.1, 0.15) is 26.8 Å². The first-order valence-corrected chi connectivity index (χ1v) is 7.27. The molecule has 3 rings (SSSR count). The number of amides is 1. The van der Waals surface area contributed by atoms with Crippen molar-refractivity contribution in [2.75, 3.05) is 5.73 Å². The van der Waals surface area contributed by atoms with E-state index >= 15 is 0 Å². The minimum absolute atomic E-state index is 0.320. The number of nitrogens with one attached hydrogen (secondary N) is 1. The first-order valence-electron chi connectivity index (χ1n) is 6.45. The van der Waals surface area contributed by atoms with Crippen LogP contribution in [0.2, 0.25) is 0 Å². The molecule has 0 fully saturated rings. The third kappa shape index (κ3) is 2.56. The molecule has 0 aliphatic carbocycles. The molecule has 3 heterocycles. The van der Waals surface area contributed by atoms with Crippen molar-refractivity contribution in [3.8, 4) is 0 Å². The summed E-state index contributed by atoms with van der Waals surface area (Å²) < 4.78 is 5.33. The Morgan fingerprint density at radius 3 is 2.91 bits per heavy atom. The number of carbonyl (C=O) groups excluding carboxylic acids is 1. The molecule has 0 aliphatic heterocycles. The molecule has 1 amide bonds. The van der Waals surface area contributed by atoms with E-state index < -0.39 is 0 Å². The topological polar surface area (TPSA) is 106 Å². The van der Waals surface area contributed by atoms with E-state index in [1.54, 1.807) is 6.07 Å². The van der Waals surface area contributed by atoms with Crippen LogP contribution in [0.3, 0.4) is 0 Å². The lowest BCUT2D eigenvalue weighted by molar-refractivity contribution is 0.0958. The summed E-state index contributed by atoms with van der Waals surface area (Å²) in [6.45, 7) is 3.65. The maximum absolute atomic E-state index is 12.2. The minimum atomic E-state index is -0.320. The molecule has 3 N–H and O–H groups in total. The third-order valence-electron chi connectivity index (χ3n) is 3.08. The van der Waals surface area contributed by atoms with Gasteiger partial charge in [0.15, 0.2) is 0 Å². The molecular formula is C14H13N5O2S. The van der Waals surface area contributed by atoms with Crippen molar-refractivity contribution in [1.29, 1.82) is 0 Å². The summed E-state index contributed by atoms with van der Waals surface area (Å²) in [6, 6.07) is 3.59. The summed E-state index contributed by atoms with van der Waals surface area (Å²) >= 11 is 1.26. The summed E-state index contributed by atoms with van der Waals surface area (Å²) in [4.78, 5) is 21.5. The van der Waals surface area contributed by atoms with Gasteiger partial charge in [-0.25, -0.2) is 15.4 Å². The molecule has 0 aromatic carbocycles. The smallest absolute Gasteiger partial charge is 0.281 e. The number of fused-ring (bicyclic) bond motifs is 1. The molecule has 0 bridgehead atoms. The van der Waals surface area contributed by atoms with Crippen LogP contribution in [-0.4, -0.2) is 22.1 Å². The zero-order valence-corrected chi connectivity index (χ0v) is 12.8. The van der Waals surface area contributed by atoms with Crippen LogP contribution in [0, 0.1) is 13.8 Å². The zero-order chi connectivity index (χ0) is 15.7. The maximum Gasteiger partial charge on any atom is 0.281 e. The number of hydrogen-bond donors (Lipinski definition) is 2. The second-order valence-corrected chi connectivity index (χ2v) is 5.64. The second-order valence-electron chi connectivity index (χ2n) is 4.64. The predicted molar refractivity (Wildman–Crippen MR) is 85.1 cm³/mol. The quantitative estimate of drug-likeness (QED) is 0.569. The number of nitrogens with two attached hydrogens (primary N) is 1. The molecule has 3 aromatic rings. The Morgan fingerprint density at radius 2 is 2.23 bits per heavy atom. The second kappa shape index (κ2) is 5.57. The average molecular weight is 315 g/mol.